The van der Waals surface area contributed by atoms with Crippen LogP contribution in [0.25, 0.3) is 0 Å². The zero-order valence-electron chi connectivity index (χ0n) is 10.4. The highest BCUT2D eigenvalue weighted by Crippen LogP contribution is 2.32. The molecule has 2 amide bonds. The maximum atomic E-state index is 11.8. The largest absolute Gasteiger partial charge is 0.478 e. The molecule has 1 aliphatic carbocycles. The van der Waals surface area contributed by atoms with Crippen LogP contribution < -0.4 is 10.6 Å². The Hall–Kier alpha value is -1.56. The predicted molar refractivity (Wildman–Crippen MR) is 75.4 cm³/mol. The van der Waals surface area contributed by atoms with Gasteiger partial charge in [-0.3, -0.25) is 0 Å². The van der Waals surface area contributed by atoms with Crippen LogP contribution in [0.15, 0.2) is 22.7 Å². The summed E-state index contributed by atoms with van der Waals surface area (Å²) in [6, 6.07) is 4.37. The van der Waals surface area contributed by atoms with Crippen LogP contribution in [0.1, 0.15) is 30.1 Å². The number of hydrogen-bond donors (Lipinski definition) is 3. The molecule has 0 spiro atoms. The fourth-order valence-corrected chi connectivity index (χ4v) is 2.31. The van der Waals surface area contributed by atoms with E-state index in [1.54, 1.807) is 6.07 Å². The number of carbonyl (C=O) groups is 2. The molecule has 102 valence electrons. The van der Waals surface area contributed by atoms with Crippen molar-refractivity contribution < 1.29 is 14.7 Å². The summed E-state index contributed by atoms with van der Waals surface area (Å²) in [5, 5.41) is 14.4. The minimum atomic E-state index is -1.00. The summed E-state index contributed by atoms with van der Waals surface area (Å²) >= 11 is 3.25. The molecule has 0 saturated heterocycles. The third-order valence-electron chi connectivity index (χ3n) is 3.15. The monoisotopic (exact) mass is 326 g/mol. The van der Waals surface area contributed by atoms with Crippen molar-refractivity contribution in [3.63, 3.8) is 0 Å². The quantitative estimate of drug-likeness (QED) is 0.795. The van der Waals surface area contributed by atoms with E-state index in [1.807, 2.05) is 6.92 Å². The van der Waals surface area contributed by atoms with Crippen molar-refractivity contribution >= 4 is 33.6 Å². The summed E-state index contributed by atoms with van der Waals surface area (Å²) < 4.78 is 0.543. The molecule has 0 radical (unpaired) electrons. The lowest BCUT2D eigenvalue weighted by atomic mass is 10.2. The zero-order valence-corrected chi connectivity index (χ0v) is 12.0. The second-order valence-corrected chi connectivity index (χ2v) is 5.58. The Kier molecular flexibility index (Phi) is 4.09. The molecule has 1 atom stereocenters. The number of nitrogens with one attached hydrogen (secondary N) is 2. The molecule has 6 heteroatoms. The SMILES string of the molecule is CC(NC(=O)Nc1ccc(C(=O)O)cc1Br)C1CC1. The molecule has 1 fully saturated rings. The van der Waals surface area contributed by atoms with E-state index in [9.17, 15) is 9.59 Å². The van der Waals surface area contributed by atoms with Gasteiger partial charge in [0.1, 0.15) is 0 Å². The fraction of sp³-hybridized carbons (Fsp3) is 0.385. The average molecular weight is 327 g/mol. The second kappa shape index (κ2) is 5.61. The topological polar surface area (TPSA) is 78.4 Å². The number of halogens is 1. The molecular weight excluding hydrogens is 312 g/mol. The zero-order chi connectivity index (χ0) is 14.0. The smallest absolute Gasteiger partial charge is 0.335 e. The highest BCUT2D eigenvalue weighted by Gasteiger charge is 2.28. The van der Waals surface area contributed by atoms with Gasteiger partial charge in [-0.25, -0.2) is 9.59 Å². The Balaban J connectivity index is 1.98. The maximum absolute atomic E-state index is 11.8. The van der Waals surface area contributed by atoms with Crippen LogP contribution >= 0.6 is 15.9 Å². The molecule has 5 nitrogen and oxygen atoms in total. The van der Waals surface area contributed by atoms with Gasteiger partial charge >= 0.3 is 12.0 Å². The van der Waals surface area contributed by atoms with E-state index in [1.165, 1.54) is 25.0 Å². The van der Waals surface area contributed by atoms with E-state index in [4.69, 9.17) is 5.11 Å². The molecule has 2 rings (SSSR count). The summed E-state index contributed by atoms with van der Waals surface area (Å²) in [4.78, 5) is 22.6. The lowest BCUT2D eigenvalue weighted by Crippen LogP contribution is -2.37. The molecule has 0 aliphatic heterocycles. The third kappa shape index (κ3) is 3.70. The van der Waals surface area contributed by atoms with Gasteiger partial charge in [0.2, 0.25) is 0 Å². The second-order valence-electron chi connectivity index (χ2n) is 4.72. The van der Waals surface area contributed by atoms with E-state index in [0.29, 0.717) is 16.1 Å². The standard InChI is InChI=1S/C13H15BrN2O3/c1-7(8-2-3-8)15-13(19)16-11-5-4-9(12(17)18)6-10(11)14/h4-8H,2-3H2,1H3,(H,17,18)(H2,15,16,19). The number of amides is 2. The van der Waals surface area contributed by atoms with Crippen molar-refractivity contribution in [2.24, 2.45) is 5.92 Å². The molecule has 0 heterocycles. The highest BCUT2D eigenvalue weighted by atomic mass is 79.9. The predicted octanol–water partition coefficient (Wildman–Crippen LogP) is 3.07. The fourth-order valence-electron chi connectivity index (χ4n) is 1.83. The van der Waals surface area contributed by atoms with E-state index in [-0.39, 0.29) is 17.6 Å². The minimum Gasteiger partial charge on any atom is -0.478 e. The first-order chi connectivity index (χ1) is 8.97. The van der Waals surface area contributed by atoms with Gasteiger partial charge in [0.15, 0.2) is 0 Å². The van der Waals surface area contributed by atoms with Crippen LogP contribution in [0, 0.1) is 5.92 Å². The van der Waals surface area contributed by atoms with Crippen LogP contribution in [0.4, 0.5) is 10.5 Å². The molecule has 1 saturated carbocycles. The van der Waals surface area contributed by atoms with Crippen LogP contribution in [0.3, 0.4) is 0 Å². The van der Waals surface area contributed by atoms with Gasteiger partial charge in [-0.05, 0) is 59.8 Å². The van der Waals surface area contributed by atoms with Crippen molar-refractivity contribution in [3.05, 3.63) is 28.2 Å². The average Bonchev–Trinajstić information content (AvgIpc) is 3.15. The van der Waals surface area contributed by atoms with Gasteiger partial charge < -0.3 is 15.7 Å². The number of anilines is 1. The Bertz CT molecular complexity index is 515. The number of aromatic carboxylic acids is 1. The summed E-state index contributed by atoms with van der Waals surface area (Å²) in [5.41, 5.74) is 0.717. The molecular formula is C13H15BrN2O3. The third-order valence-corrected chi connectivity index (χ3v) is 3.81. The van der Waals surface area contributed by atoms with Crippen molar-refractivity contribution in [3.8, 4) is 0 Å². The Morgan fingerprint density at radius 1 is 1.42 bits per heavy atom. The number of carboxylic acid groups (broad SMARTS) is 1. The van der Waals surface area contributed by atoms with Gasteiger partial charge in [-0.2, -0.15) is 0 Å². The molecule has 1 aromatic rings. The van der Waals surface area contributed by atoms with Gasteiger partial charge in [0.25, 0.3) is 0 Å². The number of benzene rings is 1. The first-order valence-corrected chi connectivity index (χ1v) is 6.87. The minimum absolute atomic E-state index is 0.164. The maximum Gasteiger partial charge on any atom is 0.335 e. The van der Waals surface area contributed by atoms with Gasteiger partial charge in [0, 0.05) is 10.5 Å². The molecule has 1 aliphatic rings. The van der Waals surface area contributed by atoms with Gasteiger partial charge in [-0.15, -0.1) is 0 Å². The molecule has 1 aromatic carbocycles. The molecule has 1 unspecified atom stereocenters. The summed E-state index contributed by atoms with van der Waals surface area (Å²) in [5.74, 6) is -0.414. The number of rotatable bonds is 4. The van der Waals surface area contributed by atoms with E-state index >= 15 is 0 Å². The molecule has 0 aromatic heterocycles. The number of urea groups is 1. The van der Waals surface area contributed by atoms with E-state index in [0.717, 1.165) is 0 Å². The number of hydrogen-bond acceptors (Lipinski definition) is 2. The van der Waals surface area contributed by atoms with Gasteiger partial charge in [0.05, 0.1) is 11.3 Å². The van der Waals surface area contributed by atoms with E-state index < -0.39 is 5.97 Å². The number of carbonyl (C=O) groups excluding carboxylic acids is 1. The Morgan fingerprint density at radius 3 is 2.63 bits per heavy atom. The lowest BCUT2D eigenvalue weighted by molar-refractivity contribution is 0.0697. The lowest BCUT2D eigenvalue weighted by Gasteiger charge is -2.14. The summed E-state index contributed by atoms with van der Waals surface area (Å²) in [7, 11) is 0. The first-order valence-electron chi connectivity index (χ1n) is 6.07. The van der Waals surface area contributed by atoms with Crippen LogP contribution in [-0.2, 0) is 0 Å². The van der Waals surface area contributed by atoms with E-state index in [2.05, 4.69) is 26.6 Å². The van der Waals surface area contributed by atoms with Crippen LogP contribution in [-0.4, -0.2) is 23.1 Å². The van der Waals surface area contributed by atoms with Crippen LogP contribution in [0.5, 0.6) is 0 Å². The highest BCUT2D eigenvalue weighted by molar-refractivity contribution is 9.10. The summed E-state index contributed by atoms with van der Waals surface area (Å²) in [6.07, 6.45) is 2.33. The van der Waals surface area contributed by atoms with Crippen LogP contribution in [0.2, 0.25) is 0 Å². The Morgan fingerprint density at radius 2 is 2.11 bits per heavy atom. The first kappa shape index (κ1) is 13.9. The van der Waals surface area contributed by atoms with Gasteiger partial charge in [-0.1, -0.05) is 0 Å². The summed E-state index contributed by atoms with van der Waals surface area (Å²) in [6.45, 7) is 1.99. The molecule has 3 N–H and O–H groups in total. The van der Waals surface area contributed by atoms with Crippen molar-refractivity contribution in [2.75, 3.05) is 5.32 Å². The molecule has 19 heavy (non-hydrogen) atoms. The molecule has 0 bridgehead atoms. The number of carboxylic acids is 1. The Labute approximate surface area is 119 Å². The normalized spacial score (nSPS) is 15.7. The van der Waals surface area contributed by atoms with Crippen molar-refractivity contribution in [1.82, 2.24) is 5.32 Å². The van der Waals surface area contributed by atoms with Crippen molar-refractivity contribution in [2.45, 2.75) is 25.8 Å². The van der Waals surface area contributed by atoms with Crippen molar-refractivity contribution in [1.29, 1.82) is 0 Å².